The molecule has 0 bridgehead atoms. The SMILES string of the molecule is COc1cc(OC)c(F)c(N(Cc2ncc[nH]2)c2ccc3ncc(N4C[C@@H](C)N[C@@H](C)C4)nc3n2)c1. The summed E-state index contributed by atoms with van der Waals surface area (Å²) in [5.41, 5.74) is 1.37. The minimum Gasteiger partial charge on any atom is -0.497 e. The topological polar surface area (TPSA) is 104 Å². The van der Waals surface area contributed by atoms with Crippen molar-refractivity contribution >= 4 is 28.5 Å². The largest absolute Gasteiger partial charge is 0.497 e. The highest BCUT2D eigenvalue weighted by Crippen LogP contribution is 2.37. The predicted molar refractivity (Wildman–Crippen MR) is 136 cm³/mol. The maximum absolute atomic E-state index is 15.5. The van der Waals surface area contributed by atoms with E-state index in [1.807, 2.05) is 6.07 Å². The third kappa shape index (κ3) is 4.74. The number of methoxy groups -OCH3 is 2. The van der Waals surface area contributed by atoms with E-state index in [1.165, 1.54) is 20.3 Å². The number of imidazole rings is 1. The number of anilines is 3. The van der Waals surface area contributed by atoms with Crippen LogP contribution in [0, 0.1) is 5.82 Å². The van der Waals surface area contributed by atoms with Crippen molar-refractivity contribution in [2.24, 2.45) is 0 Å². The Morgan fingerprint density at radius 1 is 1.08 bits per heavy atom. The summed E-state index contributed by atoms with van der Waals surface area (Å²) in [6, 6.07) is 7.41. The van der Waals surface area contributed by atoms with Crippen LogP contribution < -0.4 is 24.6 Å². The molecule has 0 amide bonds. The van der Waals surface area contributed by atoms with E-state index < -0.39 is 5.82 Å². The highest BCUT2D eigenvalue weighted by molar-refractivity contribution is 5.76. The first kappa shape index (κ1) is 23.7. The van der Waals surface area contributed by atoms with Crippen molar-refractivity contribution < 1.29 is 13.9 Å². The maximum atomic E-state index is 15.5. The average Bonchev–Trinajstić information content (AvgIpc) is 3.40. The molecule has 0 saturated carbocycles. The van der Waals surface area contributed by atoms with Gasteiger partial charge < -0.3 is 29.6 Å². The number of halogens is 1. The summed E-state index contributed by atoms with van der Waals surface area (Å²) in [5.74, 6) is 1.88. The monoisotopic (exact) mass is 492 g/mol. The van der Waals surface area contributed by atoms with Gasteiger partial charge in [-0.05, 0) is 26.0 Å². The van der Waals surface area contributed by atoms with E-state index >= 15 is 4.39 Å². The van der Waals surface area contributed by atoms with Crippen molar-refractivity contribution in [1.29, 1.82) is 0 Å². The van der Waals surface area contributed by atoms with Crippen LogP contribution in [0.3, 0.4) is 0 Å². The summed E-state index contributed by atoms with van der Waals surface area (Å²) in [7, 11) is 2.94. The molecular formula is C25H29FN8O2. The molecule has 1 aliphatic rings. The summed E-state index contributed by atoms with van der Waals surface area (Å²) in [4.78, 5) is 25.5. The van der Waals surface area contributed by atoms with Crippen LogP contribution in [-0.4, -0.2) is 64.3 Å². The van der Waals surface area contributed by atoms with Crippen LogP contribution in [0.25, 0.3) is 11.2 Å². The minimum atomic E-state index is -0.532. The van der Waals surface area contributed by atoms with Crippen molar-refractivity contribution in [3.63, 3.8) is 0 Å². The molecule has 2 atom stereocenters. The van der Waals surface area contributed by atoms with E-state index in [0.29, 0.717) is 40.6 Å². The van der Waals surface area contributed by atoms with Gasteiger partial charge in [0, 0.05) is 49.7 Å². The van der Waals surface area contributed by atoms with Crippen LogP contribution in [0.4, 0.5) is 21.7 Å². The molecule has 0 aliphatic carbocycles. The number of aromatic amines is 1. The smallest absolute Gasteiger partial charge is 0.188 e. The fourth-order valence-electron chi connectivity index (χ4n) is 4.54. The van der Waals surface area contributed by atoms with Crippen LogP contribution in [0.1, 0.15) is 19.7 Å². The molecule has 4 heterocycles. The van der Waals surface area contributed by atoms with Crippen molar-refractivity contribution in [2.75, 3.05) is 37.1 Å². The molecule has 36 heavy (non-hydrogen) atoms. The minimum absolute atomic E-state index is 0.0682. The average molecular weight is 493 g/mol. The Morgan fingerprint density at radius 2 is 1.89 bits per heavy atom. The fraction of sp³-hybridized carbons (Fsp3) is 0.360. The van der Waals surface area contributed by atoms with Gasteiger partial charge in [0.05, 0.1) is 32.6 Å². The van der Waals surface area contributed by atoms with E-state index in [2.05, 4.69) is 39.0 Å². The first-order valence-corrected chi connectivity index (χ1v) is 11.8. The standard InChI is InChI=1S/C25H29FN8O2/c1-15-12-33(13-16(2)30-15)23-11-29-18-5-6-22(31-25(18)32-23)34(14-21-27-7-8-28-21)19-9-17(35-3)10-20(36-4)24(19)26/h5-11,15-16,30H,12-14H2,1-4H3,(H,27,28)/t15-,16+. The number of benzene rings is 1. The number of rotatable bonds is 7. The van der Waals surface area contributed by atoms with Gasteiger partial charge in [0.1, 0.15) is 28.7 Å². The number of fused-ring (bicyclic) bond motifs is 1. The van der Waals surface area contributed by atoms with Gasteiger partial charge >= 0.3 is 0 Å². The molecule has 0 unspecified atom stereocenters. The zero-order valence-electron chi connectivity index (χ0n) is 20.7. The molecule has 11 heteroatoms. The summed E-state index contributed by atoms with van der Waals surface area (Å²) in [5, 5.41) is 3.53. The van der Waals surface area contributed by atoms with Gasteiger partial charge in [0.2, 0.25) is 0 Å². The maximum Gasteiger partial charge on any atom is 0.188 e. The molecule has 188 valence electrons. The number of aromatic nitrogens is 5. The molecule has 1 aliphatic heterocycles. The van der Waals surface area contributed by atoms with Crippen LogP contribution in [0.2, 0.25) is 0 Å². The molecule has 1 aromatic carbocycles. The van der Waals surface area contributed by atoms with Gasteiger partial charge in [-0.1, -0.05) is 0 Å². The number of H-pyrrole nitrogens is 1. The van der Waals surface area contributed by atoms with Crippen LogP contribution in [0.5, 0.6) is 11.5 Å². The Kier molecular flexibility index (Phi) is 6.55. The Morgan fingerprint density at radius 3 is 2.58 bits per heavy atom. The zero-order valence-corrected chi connectivity index (χ0v) is 20.7. The van der Waals surface area contributed by atoms with Gasteiger partial charge in [-0.25, -0.2) is 24.3 Å². The lowest BCUT2D eigenvalue weighted by Gasteiger charge is -2.36. The highest BCUT2D eigenvalue weighted by atomic mass is 19.1. The van der Waals surface area contributed by atoms with Crippen molar-refractivity contribution in [1.82, 2.24) is 30.2 Å². The molecule has 0 spiro atoms. The van der Waals surface area contributed by atoms with Crippen molar-refractivity contribution in [2.45, 2.75) is 32.5 Å². The van der Waals surface area contributed by atoms with E-state index in [1.54, 1.807) is 35.6 Å². The number of hydrogen-bond donors (Lipinski definition) is 2. The normalized spacial score (nSPS) is 17.9. The molecule has 0 radical (unpaired) electrons. The Hall–Kier alpha value is -3.99. The van der Waals surface area contributed by atoms with E-state index in [4.69, 9.17) is 19.4 Å². The second kappa shape index (κ2) is 9.94. The van der Waals surface area contributed by atoms with E-state index in [0.717, 1.165) is 18.9 Å². The lowest BCUT2D eigenvalue weighted by molar-refractivity contribution is 0.374. The second-order valence-electron chi connectivity index (χ2n) is 8.90. The molecular weight excluding hydrogens is 463 g/mol. The summed E-state index contributed by atoms with van der Waals surface area (Å²) >= 11 is 0. The predicted octanol–water partition coefficient (Wildman–Crippen LogP) is 3.43. The van der Waals surface area contributed by atoms with E-state index in [9.17, 15) is 0 Å². The molecule has 4 aromatic rings. The van der Waals surface area contributed by atoms with Crippen LogP contribution in [-0.2, 0) is 6.54 Å². The summed E-state index contributed by atoms with van der Waals surface area (Å²) < 4.78 is 26.2. The Balaban J connectivity index is 1.59. The number of piperazine rings is 1. The fourth-order valence-corrected chi connectivity index (χ4v) is 4.54. The number of nitrogens with zero attached hydrogens (tertiary/aromatic N) is 6. The molecule has 5 rings (SSSR count). The quantitative estimate of drug-likeness (QED) is 0.401. The molecule has 2 N–H and O–H groups in total. The molecule has 1 saturated heterocycles. The van der Waals surface area contributed by atoms with Crippen LogP contribution >= 0.6 is 0 Å². The van der Waals surface area contributed by atoms with Crippen LogP contribution in [0.15, 0.2) is 42.9 Å². The first-order valence-electron chi connectivity index (χ1n) is 11.8. The number of pyridine rings is 1. The molecule has 10 nitrogen and oxygen atoms in total. The summed E-state index contributed by atoms with van der Waals surface area (Å²) in [6.07, 6.45) is 5.15. The lowest BCUT2D eigenvalue weighted by atomic mass is 10.1. The number of ether oxygens (including phenoxy) is 2. The highest BCUT2D eigenvalue weighted by Gasteiger charge is 2.24. The van der Waals surface area contributed by atoms with Gasteiger partial charge in [0.15, 0.2) is 17.2 Å². The first-order chi connectivity index (χ1) is 17.4. The Labute approximate surface area is 208 Å². The van der Waals surface area contributed by atoms with Crippen molar-refractivity contribution in [3.8, 4) is 11.5 Å². The molecule has 1 fully saturated rings. The van der Waals surface area contributed by atoms with Crippen molar-refractivity contribution in [3.05, 3.63) is 54.5 Å². The number of hydrogen-bond acceptors (Lipinski definition) is 9. The number of nitrogens with one attached hydrogen (secondary N) is 2. The lowest BCUT2D eigenvalue weighted by Crippen LogP contribution is -2.54. The zero-order chi connectivity index (χ0) is 25.2. The van der Waals surface area contributed by atoms with E-state index in [-0.39, 0.29) is 18.0 Å². The second-order valence-corrected chi connectivity index (χ2v) is 8.90. The van der Waals surface area contributed by atoms with Gasteiger partial charge in [0.25, 0.3) is 0 Å². The third-order valence-corrected chi connectivity index (χ3v) is 6.14. The van der Waals surface area contributed by atoms with Gasteiger partial charge in [-0.3, -0.25) is 0 Å². The third-order valence-electron chi connectivity index (χ3n) is 6.14. The van der Waals surface area contributed by atoms with Gasteiger partial charge in [-0.15, -0.1) is 0 Å². The Bertz CT molecular complexity index is 1340. The summed E-state index contributed by atoms with van der Waals surface area (Å²) in [6.45, 7) is 6.18. The van der Waals surface area contributed by atoms with Gasteiger partial charge in [-0.2, -0.15) is 0 Å². The molecule has 3 aromatic heterocycles.